The quantitative estimate of drug-likeness (QED) is 0.542. The van der Waals surface area contributed by atoms with Gasteiger partial charge >= 0.3 is 0 Å². The zero-order valence-electron chi connectivity index (χ0n) is 8.20. The molecule has 1 rings (SSSR count). The molecule has 0 aromatic carbocycles. The molecule has 13 heavy (non-hydrogen) atoms. The Bertz CT molecular complexity index is 246. The van der Waals surface area contributed by atoms with E-state index in [2.05, 4.69) is 0 Å². The largest absolute Gasteiger partial charge is 0.632 e. The maximum Gasteiger partial charge on any atom is 0.220 e. The van der Waals surface area contributed by atoms with Gasteiger partial charge in [0.1, 0.15) is 5.72 Å². The second-order valence-corrected chi connectivity index (χ2v) is 3.67. The third-order valence-corrected chi connectivity index (χ3v) is 2.08. The molecule has 1 heterocycles. The van der Waals surface area contributed by atoms with Gasteiger partial charge in [0, 0.05) is 13.0 Å². The van der Waals surface area contributed by atoms with E-state index in [4.69, 9.17) is 10.5 Å². The first-order valence-electron chi connectivity index (χ1n) is 4.23. The van der Waals surface area contributed by atoms with E-state index in [-0.39, 0.29) is 5.06 Å². The first kappa shape index (κ1) is 10.4. The third-order valence-electron chi connectivity index (χ3n) is 2.08. The summed E-state index contributed by atoms with van der Waals surface area (Å²) in [6, 6.07) is 0. The van der Waals surface area contributed by atoms with E-state index in [9.17, 15) is 5.21 Å². The molecule has 0 radical (unpaired) electrons. The standard InChI is InChI=1S/C9H16N2O2/c1-8(10)6-4-5-7-9(2,13-8)11(3)12/h4-7,11H,10H2,1-3H3. The van der Waals surface area contributed by atoms with Gasteiger partial charge in [0.15, 0.2) is 0 Å². The molecular formula is C9H16N2O2. The molecule has 4 heteroatoms. The summed E-state index contributed by atoms with van der Waals surface area (Å²) in [6.45, 7) is 3.43. The van der Waals surface area contributed by atoms with Gasteiger partial charge in [0.05, 0.1) is 7.05 Å². The zero-order chi connectivity index (χ0) is 10.1. The number of likely N-dealkylation sites (N-methyl/N-ethyl adjacent to an activating group) is 1. The Labute approximate surface area is 78.2 Å². The highest BCUT2D eigenvalue weighted by Gasteiger charge is 2.34. The number of hydrogen-bond donors (Lipinski definition) is 2. The van der Waals surface area contributed by atoms with Crippen LogP contribution in [0.2, 0.25) is 0 Å². The van der Waals surface area contributed by atoms with Crippen molar-refractivity contribution in [3.8, 4) is 0 Å². The van der Waals surface area contributed by atoms with Crippen LogP contribution < -0.4 is 10.8 Å². The maximum absolute atomic E-state index is 11.3. The van der Waals surface area contributed by atoms with Crippen molar-refractivity contribution in [2.45, 2.75) is 25.3 Å². The number of ether oxygens (including phenoxy) is 1. The third kappa shape index (κ3) is 2.38. The van der Waals surface area contributed by atoms with Gasteiger partial charge in [-0.2, -0.15) is 0 Å². The molecule has 0 aromatic rings. The zero-order valence-corrected chi connectivity index (χ0v) is 8.20. The fraction of sp³-hybridized carbons (Fsp3) is 0.556. The average Bonchev–Trinajstić information content (AvgIpc) is 2.09. The average molecular weight is 184 g/mol. The van der Waals surface area contributed by atoms with Crippen molar-refractivity contribution in [2.24, 2.45) is 5.73 Å². The summed E-state index contributed by atoms with van der Waals surface area (Å²) in [5.74, 6) is 0. The van der Waals surface area contributed by atoms with E-state index < -0.39 is 11.4 Å². The molecule has 0 fully saturated rings. The predicted octanol–water partition coefficient (Wildman–Crippen LogP) is -0.467. The lowest BCUT2D eigenvalue weighted by atomic mass is 10.2. The van der Waals surface area contributed by atoms with Gasteiger partial charge in [-0.25, -0.2) is 0 Å². The van der Waals surface area contributed by atoms with E-state index in [1.54, 1.807) is 38.2 Å². The smallest absolute Gasteiger partial charge is 0.220 e. The Morgan fingerprint density at radius 2 is 1.85 bits per heavy atom. The Morgan fingerprint density at radius 1 is 1.31 bits per heavy atom. The first-order valence-corrected chi connectivity index (χ1v) is 4.23. The van der Waals surface area contributed by atoms with Crippen LogP contribution in [0.3, 0.4) is 0 Å². The van der Waals surface area contributed by atoms with E-state index >= 15 is 0 Å². The van der Waals surface area contributed by atoms with Gasteiger partial charge in [0.25, 0.3) is 0 Å². The highest BCUT2D eigenvalue weighted by Crippen LogP contribution is 2.17. The molecule has 3 atom stereocenters. The van der Waals surface area contributed by atoms with E-state index in [0.29, 0.717) is 0 Å². The molecule has 0 spiro atoms. The molecule has 0 amide bonds. The molecule has 4 nitrogen and oxygen atoms in total. The van der Waals surface area contributed by atoms with Crippen LogP contribution in [0.15, 0.2) is 24.3 Å². The summed E-state index contributed by atoms with van der Waals surface area (Å²) >= 11 is 0. The van der Waals surface area contributed by atoms with Gasteiger partial charge in [-0.1, -0.05) is 12.2 Å². The van der Waals surface area contributed by atoms with Crippen molar-refractivity contribution in [1.82, 2.24) is 0 Å². The van der Waals surface area contributed by atoms with Crippen LogP contribution in [0.1, 0.15) is 13.8 Å². The topological polar surface area (TPSA) is 62.8 Å². The van der Waals surface area contributed by atoms with E-state index in [0.717, 1.165) is 0 Å². The molecule has 3 unspecified atom stereocenters. The number of nitrogens with two attached hydrogens (primary N) is 1. The maximum atomic E-state index is 11.3. The van der Waals surface area contributed by atoms with E-state index in [1.807, 2.05) is 0 Å². The molecule has 0 aromatic heterocycles. The van der Waals surface area contributed by atoms with Gasteiger partial charge in [-0.3, -0.25) is 4.74 Å². The molecule has 3 N–H and O–H groups in total. The van der Waals surface area contributed by atoms with Crippen LogP contribution in [-0.4, -0.2) is 18.5 Å². The normalized spacial score (nSPS) is 41.6. The van der Waals surface area contributed by atoms with Crippen molar-refractivity contribution in [2.75, 3.05) is 7.05 Å². The number of rotatable bonds is 1. The van der Waals surface area contributed by atoms with Gasteiger partial charge in [-0.15, -0.1) is 0 Å². The Balaban J connectivity index is 2.91. The molecular weight excluding hydrogens is 168 g/mol. The lowest BCUT2D eigenvalue weighted by Crippen LogP contribution is -3.13. The van der Waals surface area contributed by atoms with Gasteiger partial charge < -0.3 is 16.0 Å². The molecule has 1 aliphatic heterocycles. The number of hydrogen-bond acceptors (Lipinski definition) is 3. The second kappa shape index (κ2) is 3.23. The Morgan fingerprint density at radius 3 is 2.38 bits per heavy atom. The lowest BCUT2D eigenvalue weighted by molar-refractivity contribution is -0.906. The minimum absolute atomic E-state index is 0.0517. The minimum Gasteiger partial charge on any atom is -0.632 e. The van der Waals surface area contributed by atoms with Crippen LogP contribution in [-0.2, 0) is 4.74 Å². The minimum atomic E-state index is -0.910. The molecule has 0 bridgehead atoms. The number of nitrogens with one attached hydrogen (secondary N) is 1. The summed E-state index contributed by atoms with van der Waals surface area (Å²) in [5, 5.41) is 11.2. The predicted molar refractivity (Wildman–Crippen MR) is 50.6 cm³/mol. The fourth-order valence-corrected chi connectivity index (χ4v) is 1.20. The highest BCUT2D eigenvalue weighted by atomic mass is 16.6. The van der Waals surface area contributed by atoms with Crippen molar-refractivity contribution in [1.29, 1.82) is 0 Å². The Kier molecular flexibility index (Phi) is 2.58. The lowest BCUT2D eigenvalue weighted by Gasteiger charge is -2.39. The highest BCUT2D eigenvalue weighted by molar-refractivity contribution is 5.14. The van der Waals surface area contributed by atoms with Crippen molar-refractivity contribution >= 4 is 0 Å². The fourth-order valence-electron chi connectivity index (χ4n) is 1.20. The molecule has 0 aliphatic carbocycles. The number of quaternary nitrogens is 1. The van der Waals surface area contributed by atoms with Crippen LogP contribution >= 0.6 is 0 Å². The van der Waals surface area contributed by atoms with Crippen LogP contribution in [0.5, 0.6) is 0 Å². The molecule has 0 saturated heterocycles. The van der Waals surface area contributed by atoms with Crippen LogP contribution in [0, 0.1) is 5.21 Å². The molecule has 0 saturated carbocycles. The second-order valence-electron chi connectivity index (χ2n) is 3.67. The van der Waals surface area contributed by atoms with Crippen LogP contribution in [0.4, 0.5) is 0 Å². The summed E-state index contributed by atoms with van der Waals surface area (Å²) < 4.78 is 5.50. The van der Waals surface area contributed by atoms with Crippen LogP contribution in [0.25, 0.3) is 0 Å². The summed E-state index contributed by atoms with van der Waals surface area (Å²) in [6.07, 6.45) is 7.00. The summed E-state index contributed by atoms with van der Waals surface area (Å²) in [7, 11) is 1.49. The summed E-state index contributed by atoms with van der Waals surface area (Å²) in [4.78, 5) is 0. The van der Waals surface area contributed by atoms with Crippen molar-refractivity contribution < 1.29 is 9.80 Å². The Hall–Kier alpha value is -0.680. The van der Waals surface area contributed by atoms with Gasteiger partial charge in [-0.05, 0) is 13.0 Å². The first-order chi connectivity index (χ1) is 5.86. The monoisotopic (exact) mass is 184 g/mol. The summed E-state index contributed by atoms with van der Waals surface area (Å²) in [5.41, 5.74) is 4.00. The van der Waals surface area contributed by atoms with E-state index in [1.165, 1.54) is 7.05 Å². The van der Waals surface area contributed by atoms with Crippen molar-refractivity contribution in [3.63, 3.8) is 0 Å². The SMILES string of the molecule is C[NH+]([O-])C1(C)C=CC=CC(C)(N)O1. The molecule has 1 aliphatic rings. The number of allylic oxidation sites excluding steroid dienone is 2. The van der Waals surface area contributed by atoms with Gasteiger partial charge in [0.2, 0.25) is 5.72 Å². The number of hydroxylamine groups is 2. The molecule has 74 valence electrons. The van der Waals surface area contributed by atoms with Crippen molar-refractivity contribution in [3.05, 3.63) is 29.5 Å².